The van der Waals surface area contributed by atoms with Crippen molar-refractivity contribution in [1.29, 1.82) is 0 Å². The first-order valence-corrected chi connectivity index (χ1v) is 9.34. The molecule has 26 heavy (non-hydrogen) atoms. The largest absolute Gasteiger partial charge is 0.496 e. The fraction of sp³-hybridized carbons (Fsp3) is 0.600. The predicted octanol–water partition coefficient (Wildman–Crippen LogP) is 2.40. The SMILES string of the molecule is CCOC(=O)C1CCCN(C(=NC)NCCc2ccc(C)c(OC)c2)C1. The molecule has 1 aliphatic heterocycles. The molecule has 1 N–H and O–H groups in total. The van der Waals surface area contributed by atoms with Crippen LogP contribution in [-0.4, -0.2) is 57.2 Å². The standard InChI is InChI=1S/C20H31N3O3/c1-5-26-19(24)17-7-6-12-23(14-17)20(21-3)22-11-10-16-9-8-15(2)18(13-16)25-4/h8-9,13,17H,5-7,10-12,14H2,1-4H3,(H,21,22). The number of methoxy groups -OCH3 is 1. The second-order valence-corrected chi connectivity index (χ2v) is 6.57. The summed E-state index contributed by atoms with van der Waals surface area (Å²) < 4.78 is 10.6. The molecule has 1 aliphatic rings. The van der Waals surface area contributed by atoms with Crippen LogP contribution in [0.1, 0.15) is 30.9 Å². The van der Waals surface area contributed by atoms with Crippen molar-refractivity contribution in [2.75, 3.05) is 40.4 Å². The van der Waals surface area contributed by atoms with E-state index in [2.05, 4.69) is 33.4 Å². The lowest BCUT2D eigenvalue weighted by atomic mass is 9.98. The minimum absolute atomic E-state index is 0.0661. The van der Waals surface area contributed by atoms with E-state index in [0.717, 1.165) is 49.6 Å². The van der Waals surface area contributed by atoms with Gasteiger partial charge in [0, 0.05) is 26.7 Å². The fourth-order valence-electron chi connectivity index (χ4n) is 3.29. The monoisotopic (exact) mass is 361 g/mol. The molecule has 0 amide bonds. The van der Waals surface area contributed by atoms with Crippen LogP contribution in [0.25, 0.3) is 0 Å². The highest BCUT2D eigenvalue weighted by Crippen LogP contribution is 2.20. The van der Waals surface area contributed by atoms with Crippen molar-refractivity contribution in [3.05, 3.63) is 29.3 Å². The number of carbonyl (C=O) groups excluding carboxylic acids is 1. The van der Waals surface area contributed by atoms with E-state index in [1.54, 1.807) is 14.2 Å². The molecule has 6 nitrogen and oxygen atoms in total. The number of benzene rings is 1. The second kappa shape index (κ2) is 10.0. The van der Waals surface area contributed by atoms with Crippen molar-refractivity contribution in [3.63, 3.8) is 0 Å². The highest BCUT2D eigenvalue weighted by molar-refractivity contribution is 5.81. The summed E-state index contributed by atoms with van der Waals surface area (Å²) in [6, 6.07) is 6.29. The van der Waals surface area contributed by atoms with Crippen molar-refractivity contribution < 1.29 is 14.3 Å². The number of hydrogen-bond donors (Lipinski definition) is 1. The van der Waals surface area contributed by atoms with E-state index >= 15 is 0 Å². The first-order valence-electron chi connectivity index (χ1n) is 9.34. The number of aryl methyl sites for hydroxylation is 1. The Labute approximate surface area is 156 Å². The van der Waals surface area contributed by atoms with Gasteiger partial charge in [-0.1, -0.05) is 12.1 Å². The molecule has 0 radical (unpaired) electrons. The third-order valence-corrected chi connectivity index (χ3v) is 4.72. The number of nitrogens with one attached hydrogen (secondary N) is 1. The number of likely N-dealkylation sites (tertiary alicyclic amines) is 1. The molecule has 1 fully saturated rings. The van der Waals surface area contributed by atoms with Crippen LogP contribution in [0.15, 0.2) is 23.2 Å². The van der Waals surface area contributed by atoms with Crippen LogP contribution >= 0.6 is 0 Å². The molecule has 1 aromatic rings. The summed E-state index contributed by atoms with van der Waals surface area (Å²) in [7, 11) is 3.48. The summed E-state index contributed by atoms with van der Waals surface area (Å²) in [6.45, 7) is 6.67. The summed E-state index contributed by atoms with van der Waals surface area (Å²) in [5, 5.41) is 3.41. The van der Waals surface area contributed by atoms with Crippen LogP contribution in [0.4, 0.5) is 0 Å². The highest BCUT2D eigenvalue weighted by atomic mass is 16.5. The second-order valence-electron chi connectivity index (χ2n) is 6.57. The molecular weight excluding hydrogens is 330 g/mol. The number of nitrogens with zero attached hydrogens (tertiary/aromatic N) is 2. The van der Waals surface area contributed by atoms with Crippen LogP contribution in [0.2, 0.25) is 0 Å². The quantitative estimate of drug-likeness (QED) is 0.479. The molecular formula is C20H31N3O3. The normalized spacial score (nSPS) is 17.8. The molecule has 0 aromatic heterocycles. The van der Waals surface area contributed by atoms with Gasteiger partial charge in [-0.05, 0) is 50.3 Å². The average molecular weight is 361 g/mol. The van der Waals surface area contributed by atoms with Gasteiger partial charge in [-0.15, -0.1) is 0 Å². The lowest BCUT2D eigenvalue weighted by molar-refractivity contribution is -0.149. The van der Waals surface area contributed by atoms with E-state index in [0.29, 0.717) is 13.2 Å². The maximum atomic E-state index is 12.0. The summed E-state index contributed by atoms with van der Waals surface area (Å²) in [5.74, 6) is 1.60. The summed E-state index contributed by atoms with van der Waals surface area (Å²) in [6.07, 6.45) is 2.74. The van der Waals surface area contributed by atoms with Gasteiger partial charge in [-0.2, -0.15) is 0 Å². The average Bonchev–Trinajstić information content (AvgIpc) is 2.66. The number of ether oxygens (including phenoxy) is 2. The van der Waals surface area contributed by atoms with Crippen LogP contribution in [0.3, 0.4) is 0 Å². The molecule has 0 spiro atoms. The van der Waals surface area contributed by atoms with Gasteiger partial charge in [0.15, 0.2) is 5.96 Å². The van der Waals surface area contributed by atoms with Gasteiger partial charge in [0.05, 0.1) is 19.6 Å². The number of aliphatic imine (C=N–C) groups is 1. The van der Waals surface area contributed by atoms with E-state index in [4.69, 9.17) is 9.47 Å². The zero-order valence-electron chi connectivity index (χ0n) is 16.4. The number of carbonyl (C=O) groups is 1. The van der Waals surface area contributed by atoms with Crippen LogP contribution in [-0.2, 0) is 16.0 Å². The molecule has 6 heteroatoms. The van der Waals surface area contributed by atoms with E-state index in [-0.39, 0.29) is 11.9 Å². The zero-order valence-corrected chi connectivity index (χ0v) is 16.4. The molecule has 0 aliphatic carbocycles. The van der Waals surface area contributed by atoms with E-state index < -0.39 is 0 Å². The smallest absolute Gasteiger partial charge is 0.310 e. The summed E-state index contributed by atoms with van der Waals surface area (Å²) in [4.78, 5) is 18.6. The number of guanidine groups is 1. The van der Waals surface area contributed by atoms with Gasteiger partial charge < -0.3 is 19.7 Å². The van der Waals surface area contributed by atoms with Crippen molar-refractivity contribution in [2.45, 2.75) is 33.1 Å². The van der Waals surface area contributed by atoms with E-state index in [1.165, 1.54) is 5.56 Å². The van der Waals surface area contributed by atoms with Crippen LogP contribution < -0.4 is 10.1 Å². The Hall–Kier alpha value is -2.24. The van der Waals surface area contributed by atoms with Gasteiger partial charge >= 0.3 is 5.97 Å². The third-order valence-electron chi connectivity index (χ3n) is 4.72. The molecule has 1 unspecified atom stereocenters. The van der Waals surface area contributed by atoms with Crippen molar-refractivity contribution in [3.8, 4) is 5.75 Å². The number of esters is 1. The maximum absolute atomic E-state index is 12.0. The summed E-state index contributed by atoms with van der Waals surface area (Å²) >= 11 is 0. The Morgan fingerprint density at radius 2 is 2.23 bits per heavy atom. The third kappa shape index (κ3) is 5.38. The highest BCUT2D eigenvalue weighted by Gasteiger charge is 2.28. The van der Waals surface area contributed by atoms with Gasteiger partial charge in [0.25, 0.3) is 0 Å². The van der Waals surface area contributed by atoms with Crippen molar-refractivity contribution in [1.82, 2.24) is 10.2 Å². The van der Waals surface area contributed by atoms with Crippen LogP contribution in [0, 0.1) is 12.8 Å². The van der Waals surface area contributed by atoms with Crippen molar-refractivity contribution >= 4 is 11.9 Å². The fourth-order valence-corrected chi connectivity index (χ4v) is 3.29. The summed E-state index contributed by atoms with van der Waals surface area (Å²) in [5.41, 5.74) is 2.36. The first kappa shape index (κ1) is 20.1. The Morgan fingerprint density at radius 1 is 1.42 bits per heavy atom. The molecule has 0 saturated carbocycles. The minimum atomic E-state index is -0.0978. The molecule has 1 aromatic carbocycles. The Bertz CT molecular complexity index is 631. The maximum Gasteiger partial charge on any atom is 0.310 e. The molecule has 0 bridgehead atoms. The van der Waals surface area contributed by atoms with Gasteiger partial charge in [-0.3, -0.25) is 9.79 Å². The Morgan fingerprint density at radius 3 is 2.92 bits per heavy atom. The molecule has 144 valence electrons. The molecule has 1 heterocycles. The van der Waals surface area contributed by atoms with E-state index in [1.807, 2.05) is 13.8 Å². The van der Waals surface area contributed by atoms with Crippen LogP contribution in [0.5, 0.6) is 5.75 Å². The molecule has 1 saturated heterocycles. The zero-order chi connectivity index (χ0) is 18.9. The molecule has 2 rings (SSSR count). The Kier molecular flexibility index (Phi) is 7.75. The van der Waals surface area contributed by atoms with Gasteiger partial charge in [-0.25, -0.2) is 0 Å². The van der Waals surface area contributed by atoms with Crippen molar-refractivity contribution in [2.24, 2.45) is 10.9 Å². The lowest BCUT2D eigenvalue weighted by Gasteiger charge is -2.34. The van der Waals surface area contributed by atoms with Gasteiger partial charge in [0.1, 0.15) is 5.75 Å². The lowest BCUT2D eigenvalue weighted by Crippen LogP contribution is -2.48. The number of hydrogen-bond acceptors (Lipinski definition) is 4. The minimum Gasteiger partial charge on any atom is -0.496 e. The first-order chi connectivity index (χ1) is 12.6. The number of rotatable bonds is 6. The van der Waals surface area contributed by atoms with Gasteiger partial charge in [0.2, 0.25) is 0 Å². The number of piperidine rings is 1. The molecule has 1 atom stereocenters. The topological polar surface area (TPSA) is 63.2 Å². The predicted molar refractivity (Wildman–Crippen MR) is 104 cm³/mol. The Balaban J connectivity index is 1.88. The van der Waals surface area contributed by atoms with E-state index in [9.17, 15) is 4.79 Å².